The summed E-state index contributed by atoms with van der Waals surface area (Å²) in [6.45, 7) is 0. The molecule has 16 heavy (non-hydrogen) atoms. The summed E-state index contributed by atoms with van der Waals surface area (Å²) in [6, 6.07) is 0. The van der Waals surface area contributed by atoms with Gasteiger partial charge in [-0.05, 0) is 0 Å². The van der Waals surface area contributed by atoms with E-state index in [0.29, 0.717) is 11.1 Å². The molecule has 1 aliphatic heterocycles. The smallest absolute Gasteiger partial charge is 0.262 e. The van der Waals surface area contributed by atoms with Crippen LogP contribution in [0.3, 0.4) is 0 Å². The van der Waals surface area contributed by atoms with Gasteiger partial charge in [0.2, 0.25) is 0 Å². The van der Waals surface area contributed by atoms with Crippen molar-refractivity contribution in [3.05, 3.63) is 23.5 Å². The molecule has 0 bridgehead atoms. The number of imide groups is 1. The molecule has 1 rings (SSSR count). The van der Waals surface area contributed by atoms with E-state index in [1.54, 1.807) is 22.2 Å². The molecule has 1 saturated heterocycles. The molecule has 5 heteroatoms. The molecule has 0 aromatic rings. The highest BCUT2D eigenvalue weighted by molar-refractivity contribution is 6.24. The number of likely N-dealkylation sites (N-methyl/N-ethyl adjacent to an activating group) is 1. The Balaban J connectivity index is 3.23. The second kappa shape index (κ2) is 4.38. The van der Waals surface area contributed by atoms with Gasteiger partial charge in [0.25, 0.3) is 11.8 Å². The van der Waals surface area contributed by atoms with Gasteiger partial charge in [0.1, 0.15) is 0 Å². The largest absolute Gasteiger partial charge is 0.383 e. The average Bonchev–Trinajstić information content (AvgIpc) is 2.34. The highest BCUT2D eigenvalue weighted by Gasteiger charge is 2.36. The molecule has 0 aromatic heterocycles. The van der Waals surface area contributed by atoms with Crippen molar-refractivity contribution in [3.63, 3.8) is 0 Å². The lowest BCUT2D eigenvalue weighted by molar-refractivity contribution is -0.134. The first-order valence-corrected chi connectivity index (χ1v) is 4.94. The van der Waals surface area contributed by atoms with Crippen LogP contribution in [0.15, 0.2) is 23.5 Å². The molecule has 0 spiro atoms. The van der Waals surface area contributed by atoms with Crippen LogP contribution in [0.4, 0.5) is 0 Å². The number of hydrogen-bond donors (Lipinski definition) is 0. The van der Waals surface area contributed by atoms with Crippen molar-refractivity contribution in [2.45, 2.75) is 0 Å². The number of nitrogens with zero attached hydrogens (tertiary/aromatic N) is 3. The molecule has 5 nitrogen and oxygen atoms in total. The quantitative estimate of drug-likeness (QED) is 0.483. The summed E-state index contributed by atoms with van der Waals surface area (Å²) in [5, 5.41) is 0. The Bertz CT molecular complexity index is 345. The van der Waals surface area contributed by atoms with E-state index in [9.17, 15) is 9.59 Å². The van der Waals surface area contributed by atoms with Gasteiger partial charge >= 0.3 is 0 Å². The summed E-state index contributed by atoms with van der Waals surface area (Å²) in [6.07, 6.45) is 3.33. The zero-order valence-electron chi connectivity index (χ0n) is 10.3. The number of hydrogen-bond acceptors (Lipinski definition) is 4. The van der Waals surface area contributed by atoms with Crippen LogP contribution < -0.4 is 0 Å². The minimum absolute atomic E-state index is 0.258. The summed E-state index contributed by atoms with van der Waals surface area (Å²) in [4.78, 5) is 28.2. The second-order valence-electron chi connectivity index (χ2n) is 4.18. The lowest BCUT2D eigenvalue weighted by Gasteiger charge is -2.08. The number of carbonyl (C=O) groups excluding carboxylic acids is 2. The van der Waals surface area contributed by atoms with Gasteiger partial charge in [-0.15, -0.1) is 0 Å². The van der Waals surface area contributed by atoms with Crippen LogP contribution in [-0.4, -0.2) is 61.8 Å². The van der Waals surface area contributed by atoms with Crippen molar-refractivity contribution in [1.29, 1.82) is 0 Å². The van der Waals surface area contributed by atoms with Crippen molar-refractivity contribution in [2.24, 2.45) is 0 Å². The summed E-state index contributed by atoms with van der Waals surface area (Å²) < 4.78 is 0. The zero-order chi connectivity index (χ0) is 12.5. The van der Waals surface area contributed by atoms with Crippen LogP contribution in [-0.2, 0) is 9.59 Å². The summed E-state index contributed by atoms with van der Waals surface area (Å²) in [5.74, 6) is -0.515. The summed E-state index contributed by atoms with van der Waals surface area (Å²) in [5.41, 5.74) is 0.873. The maximum Gasteiger partial charge on any atom is 0.262 e. The van der Waals surface area contributed by atoms with Gasteiger partial charge < -0.3 is 9.80 Å². The van der Waals surface area contributed by atoms with Crippen molar-refractivity contribution in [2.75, 3.05) is 35.2 Å². The second-order valence-corrected chi connectivity index (χ2v) is 4.18. The van der Waals surface area contributed by atoms with Crippen molar-refractivity contribution >= 4 is 11.8 Å². The van der Waals surface area contributed by atoms with Gasteiger partial charge in [-0.1, -0.05) is 0 Å². The minimum atomic E-state index is -0.258. The Morgan fingerprint density at radius 3 is 1.44 bits per heavy atom. The third-order valence-corrected chi connectivity index (χ3v) is 2.13. The molecule has 2 amide bonds. The van der Waals surface area contributed by atoms with E-state index >= 15 is 0 Å². The molecular weight excluding hydrogens is 206 g/mol. The van der Waals surface area contributed by atoms with Crippen LogP contribution in [0.25, 0.3) is 0 Å². The Morgan fingerprint density at radius 2 is 1.19 bits per heavy atom. The molecule has 88 valence electrons. The normalized spacial score (nSPS) is 21.2. The Morgan fingerprint density at radius 1 is 0.875 bits per heavy atom. The third-order valence-electron chi connectivity index (χ3n) is 2.13. The zero-order valence-corrected chi connectivity index (χ0v) is 10.3. The molecule has 0 aliphatic carbocycles. The van der Waals surface area contributed by atoms with Crippen LogP contribution >= 0.6 is 0 Å². The van der Waals surface area contributed by atoms with Crippen molar-refractivity contribution in [1.82, 2.24) is 14.7 Å². The molecule has 0 unspecified atom stereocenters. The van der Waals surface area contributed by atoms with Crippen LogP contribution in [0, 0.1) is 0 Å². The molecule has 0 aromatic carbocycles. The predicted octanol–water partition coefficient (Wildman–Crippen LogP) is -0.124. The fourth-order valence-corrected chi connectivity index (χ4v) is 1.45. The first kappa shape index (κ1) is 12.3. The van der Waals surface area contributed by atoms with Gasteiger partial charge in [0.05, 0.1) is 11.1 Å². The van der Waals surface area contributed by atoms with Gasteiger partial charge in [0.15, 0.2) is 0 Å². The third kappa shape index (κ3) is 2.24. The van der Waals surface area contributed by atoms with E-state index < -0.39 is 0 Å². The number of likely N-dealkylation sites (tertiary alicyclic amines) is 1. The molecular formula is C11H17N3O2. The first-order valence-electron chi connectivity index (χ1n) is 4.94. The average molecular weight is 223 g/mol. The summed E-state index contributed by atoms with van der Waals surface area (Å²) in [7, 11) is 8.75. The Kier molecular flexibility index (Phi) is 3.37. The van der Waals surface area contributed by atoms with Gasteiger partial charge in [-0.25, -0.2) is 0 Å². The van der Waals surface area contributed by atoms with Crippen LogP contribution in [0.5, 0.6) is 0 Å². The first-order chi connectivity index (χ1) is 7.34. The number of rotatable bonds is 2. The van der Waals surface area contributed by atoms with Crippen LogP contribution in [0.2, 0.25) is 0 Å². The number of carbonyl (C=O) groups is 2. The van der Waals surface area contributed by atoms with E-state index in [1.807, 2.05) is 28.2 Å². The van der Waals surface area contributed by atoms with Gasteiger partial charge in [-0.3, -0.25) is 14.5 Å². The fourth-order valence-electron chi connectivity index (χ4n) is 1.45. The van der Waals surface area contributed by atoms with E-state index in [-0.39, 0.29) is 11.8 Å². The Hall–Kier alpha value is -1.78. The number of amides is 2. The fraction of sp³-hybridized carbons (Fsp3) is 0.455. The standard InChI is InChI=1S/C11H17N3O2/c1-12(2)6-8-9(7-13(3)4)11(16)14(5)10(8)15/h6-7H,1-5H3. The molecule has 1 heterocycles. The van der Waals surface area contributed by atoms with Crippen molar-refractivity contribution in [3.8, 4) is 0 Å². The Labute approximate surface area is 95.6 Å². The minimum Gasteiger partial charge on any atom is -0.383 e. The van der Waals surface area contributed by atoms with Gasteiger partial charge in [0, 0.05) is 47.6 Å². The highest BCUT2D eigenvalue weighted by atomic mass is 16.2. The monoisotopic (exact) mass is 223 g/mol. The van der Waals surface area contributed by atoms with E-state index in [4.69, 9.17) is 0 Å². The van der Waals surface area contributed by atoms with E-state index in [1.165, 1.54) is 7.05 Å². The van der Waals surface area contributed by atoms with E-state index in [0.717, 1.165) is 4.90 Å². The predicted molar refractivity (Wildman–Crippen MR) is 61.3 cm³/mol. The highest BCUT2D eigenvalue weighted by Crippen LogP contribution is 2.23. The molecule has 0 atom stereocenters. The van der Waals surface area contributed by atoms with Gasteiger partial charge in [-0.2, -0.15) is 0 Å². The maximum absolute atomic E-state index is 11.8. The van der Waals surface area contributed by atoms with E-state index in [2.05, 4.69) is 0 Å². The topological polar surface area (TPSA) is 43.9 Å². The van der Waals surface area contributed by atoms with Crippen molar-refractivity contribution < 1.29 is 9.59 Å². The molecule has 0 N–H and O–H groups in total. The maximum atomic E-state index is 11.8. The molecule has 0 saturated carbocycles. The van der Waals surface area contributed by atoms with Crippen LogP contribution in [0.1, 0.15) is 0 Å². The molecule has 0 radical (unpaired) electrons. The molecule has 1 fully saturated rings. The lowest BCUT2D eigenvalue weighted by atomic mass is 10.1. The molecule has 1 aliphatic rings. The summed E-state index contributed by atoms with van der Waals surface area (Å²) >= 11 is 0. The lowest BCUT2D eigenvalue weighted by Crippen LogP contribution is -2.24. The SMILES string of the molecule is CN(C)C=C1C(=O)N(C)C(=O)C1=CN(C)C.